The zero-order chi connectivity index (χ0) is 22.1. The van der Waals surface area contributed by atoms with E-state index < -0.39 is 0 Å². The summed E-state index contributed by atoms with van der Waals surface area (Å²) in [4.78, 5) is 15.9. The molecule has 1 fully saturated rings. The lowest BCUT2D eigenvalue weighted by Crippen LogP contribution is -2.26. The molecule has 0 atom stereocenters. The number of aromatic hydroxyl groups is 1. The van der Waals surface area contributed by atoms with Crippen molar-refractivity contribution in [2.24, 2.45) is 0 Å². The Balaban J connectivity index is 1.52. The van der Waals surface area contributed by atoms with Crippen LogP contribution in [0.25, 0.3) is 33.5 Å². The Morgan fingerprint density at radius 1 is 1.12 bits per heavy atom. The molecule has 0 aliphatic carbocycles. The number of aromatic amines is 1. The first-order valence-corrected chi connectivity index (χ1v) is 10.2. The molecule has 160 valence electrons. The van der Waals surface area contributed by atoms with Crippen molar-refractivity contribution in [3.8, 4) is 40.2 Å². The predicted molar refractivity (Wildman–Crippen MR) is 118 cm³/mol. The van der Waals surface area contributed by atoms with E-state index in [-0.39, 0.29) is 17.7 Å². The lowest BCUT2D eigenvalue weighted by Gasteiger charge is -2.23. The Kier molecular flexibility index (Phi) is 5.05. The highest BCUT2D eigenvalue weighted by Crippen LogP contribution is 2.33. The third-order valence-electron chi connectivity index (χ3n) is 5.47. The van der Waals surface area contributed by atoms with E-state index in [2.05, 4.69) is 26.0 Å². The number of H-pyrrole nitrogens is 1. The van der Waals surface area contributed by atoms with Gasteiger partial charge in [0.1, 0.15) is 29.9 Å². The highest BCUT2D eigenvalue weighted by Gasteiger charge is 2.18. The van der Waals surface area contributed by atoms with E-state index in [1.807, 2.05) is 18.2 Å². The first kappa shape index (κ1) is 19.8. The summed E-state index contributed by atoms with van der Waals surface area (Å²) in [6, 6.07) is 11.3. The van der Waals surface area contributed by atoms with Gasteiger partial charge in [-0.05, 0) is 30.3 Å². The van der Waals surface area contributed by atoms with Gasteiger partial charge in [-0.15, -0.1) is 0 Å². The zero-order valence-corrected chi connectivity index (χ0v) is 17.1. The standard InChI is InChI=1S/C23H20N6O3/c24-10-14-7-13(1-2-20(14)32-16-3-5-31-6-4-16)21-17-9-19(29-22(17)28-12-27-21)15-8-18(25)23(30)26-11-15/h1-2,7-9,11-12,16H,3-6,25H2,(H,26,30)(H,27,28,29). The highest BCUT2D eigenvalue weighted by molar-refractivity contribution is 5.94. The maximum Gasteiger partial charge on any atom is 0.234 e. The van der Waals surface area contributed by atoms with E-state index in [1.54, 1.807) is 12.1 Å². The van der Waals surface area contributed by atoms with Crippen LogP contribution in [-0.4, -0.2) is 44.4 Å². The number of pyridine rings is 1. The fourth-order valence-electron chi connectivity index (χ4n) is 3.79. The summed E-state index contributed by atoms with van der Waals surface area (Å²) in [5.74, 6) is 0.353. The van der Waals surface area contributed by atoms with Crippen molar-refractivity contribution in [1.29, 1.82) is 5.26 Å². The van der Waals surface area contributed by atoms with Gasteiger partial charge in [-0.25, -0.2) is 15.0 Å². The van der Waals surface area contributed by atoms with Crippen molar-refractivity contribution in [3.63, 3.8) is 0 Å². The van der Waals surface area contributed by atoms with E-state index in [1.165, 1.54) is 12.5 Å². The van der Waals surface area contributed by atoms with Crippen molar-refractivity contribution >= 4 is 16.7 Å². The van der Waals surface area contributed by atoms with Crippen LogP contribution in [0.4, 0.5) is 5.69 Å². The van der Waals surface area contributed by atoms with Gasteiger partial charge in [0.2, 0.25) is 5.88 Å². The van der Waals surface area contributed by atoms with Crippen molar-refractivity contribution in [2.45, 2.75) is 18.9 Å². The third kappa shape index (κ3) is 3.68. The SMILES string of the molecule is N#Cc1cc(-c2ncnc3[nH]c(-c4cnc(O)c(N)c4)cc23)ccc1OC1CCOCC1. The smallest absolute Gasteiger partial charge is 0.234 e. The van der Waals surface area contributed by atoms with Crippen LogP contribution in [0, 0.1) is 11.3 Å². The first-order valence-electron chi connectivity index (χ1n) is 10.2. The van der Waals surface area contributed by atoms with Gasteiger partial charge in [0.05, 0.1) is 30.2 Å². The molecule has 5 rings (SSSR count). The normalized spacial score (nSPS) is 14.3. The molecule has 4 heterocycles. The van der Waals surface area contributed by atoms with Gasteiger partial charge in [-0.2, -0.15) is 5.26 Å². The van der Waals surface area contributed by atoms with Gasteiger partial charge in [-0.1, -0.05) is 0 Å². The van der Waals surface area contributed by atoms with Crippen molar-refractivity contribution in [1.82, 2.24) is 19.9 Å². The molecule has 1 saturated heterocycles. The second-order valence-electron chi connectivity index (χ2n) is 7.56. The van der Waals surface area contributed by atoms with Gasteiger partial charge in [0, 0.05) is 41.2 Å². The number of nitriles is 1. The van der Waals surface area contributed by atoms with E-state index in [4.69, 9.17) is 15.2 Å². The monoisotopic (exact) mass is 428 g/mol. The van der Waals surface area contributed by atoms with E-state index in [9.17, 15) is 10.4 Å². The fraction of sp³-hybridized carbons (Fsp3) is 0.217. The minimum atomic E-state index is -0.211. The van der Waals surface area contributed by atoms with Crippen LogP contribution in [0.2, 0.25) is 0 Å². The number of nitrogens with one attached hydrogen (secondary N) is 1. The summed E-state index contributed by atoms with van der Waals surface area (Å²) in [5, 5.41) is 20.1. The first-order chi connectivity index (χ1) is 15.6. The molecular formula is C23H20N6O3. The molecule has 0 radical (unpaired) electrons. The molecule has 4 aromatic rings. The molecule has 32 heavy (non-hydrogen) atoms. The molecule has 0 saturated carbocycles. The van der Waals surface area contributed by atoms with Crippen LogP contribution in [0.1, 0.15) is 18.4 Å². The predicted octanol–water partition coefficient (Wildman–Crippen LogP) is 3.40. The van der Waals surface area contributed by atoms with E-state index in [0.717, 1.165) is 29.5 Å². The average Bonchev–Trinajstić information content (AvgIpc) is 3.26. The van der Waals surface area contributed by atoms with Crippen molar-refractivity contribution in [2.75, 3.05) is 18.9 Å². The second-order valence-corrected chi connectivity index (χ2v) is 7.56. The van der Waals surface area contributed by atoms with Crippen LogP contribution < -0.4 is 10.5 Å². The molecule has 0 unspecified atom stereocenters. The maximum absolute atomic E-state index is 9.70. The fourth-order valence-corrected chi connectivity index (χ4v) is 3.79. The number of hydrogen-bond acceptors (Lipinski definition) is 8. The molecule has 1 aliphatic heterocycles. The molecule has 0 amide bonds. The zero-order valence-electron chi connectivity index (χ0n) is 17.1. The van der Waals surface area contributed by atoms with Crippen LogP contribution in [-0.2, 0) is 4.74 Å². The molecule has 0 bridgehead atoms. The van der Waals surface area contributed by atoms with Crippen molar-refractivity contribution < 1.29 is 14.6 Å². The van der Waals surface area contributed by atoms with Crippen LogP contribution in [0.5, 0.6) is 11.6 Å². The van der Waals surface area contributed by atoms with E-state index in [0.29, 0.717) is 41.4 Å². The quantitative estimate of drug-likeness (QED) is 0.449. The Bertz CT molecular complexity index is 1340. The number of ether oxygens (including phenoxy) is 2. The van der Waals surface area contributed by atoms with Gasteiger partial charge < -0.3 is 25.3 Å². The van der Waals surface area contributed by atoms with Crippen molar-refractivity contribution in [3.05, 3.63) is 48.4 Å². The van der Waals surface area contributed by atoms with Crippen LogP contribution >= 0.6 is 0 Å². The number of fused-ring (bicyclic) bond motifs is 1. The Morgan fingerprint density at radius 3 is 2.75 bits per heavy atom. The summed E-state index contributed by atoms with van der Waals surface area (Å²) >= 11 is 0. The van der Waals surface area contributed by atoms with Gasteiger partial charge >= 0.3 is 0 Å². The number of hydrogen-bond donors (Lipinski definition) is 3. The molecule has 3 aromatic heterocycles. The molecule has 1 aliphatic rings. The van der Waals surface area contributed by atoms with Gasteiger partial charge in [0.25, 0.3) is 0 Å². The van der Waals surface area contributed by atoms with Crippen LogP contribution in [0.15, 0.2) is 42.9 Å². The number of nitrogen functional groups attached to an aromatic ring is 1. The van der Waals surface area contributed by atoms with Gasteiger partial charge in [-0.3, -0.25) is 0 Å². The molecule has 4 N–H and O–H groups in total. The number of benzene rings is 1. The summed E-state index contributed by atoms with van der Waals surface area (Å²) in [7, 11) is 0. The van der Waals surface area contributed by atoms with E-state index >= 15 is 0 Å². The average molecular weight is 428 g/mol. The number of rotatable bonds is 4. The molecular weight excluding hydrogens is 408 g/mol. The summed E-state index contributed by atoms with van der Waals surface area (Å²) in [6.45, 7) is 1.34. The third-order valence-corrected chi connectivity index (χ3v) is 5.47. The molecule has 1 aromatic carbocycles. The van der Waals surface area contributed by atoms with Crippen LogP contribution in [0.3, 0.4) is 0 Å². The number of nitrogens with zero attached hydrogens (tertiary/aromatic N) is 4. The van der Waals surface area contributed by atoms with Gasteiger partial charge in [0.15, 0.2) is 0 Å². The minimum Gasteiger partial charge on any atom is -0.492 e. The minimum absolute atomic E-state index is 0.0473. The molecule has 9 heteroatoms. The Morgan fingerprint density at radius 2 is 1.97 bits per heavy atom. The highest BCUT2D eigenvalue weighted by atomic mass is 16.5. The topological polar surface area (TPSA) is 143 Å². The number of aromatic nitrogens is 4. The number of nitrogens with two attached hydrogens (primary N) is 1. The molecule has 0 spiro atoms. The lowest BCUT2D eigenvalue weighted by molar-refractivity contribution is 0.0254. The summed E-state index contributed by atoms with van der Waals surface area (Å²) in [6.07, 6.45) is 4.66. The summed E-state index contributed by atoms with van der Waals surface area (Å²) in [5.41, 5.74) is 9.97. The summed E-state index contributed by atoms with van der Waals surface area (Å²) < 4.78 is 11.4. The Hall–Kier alpha value is -4.16. The number of anilines is 1. The largest absolute Gasteiger partial charge is 0.492 e. The second kappa shape index (κ2) is 8.17. The molecule has 9 nitrogen and oxygen atoms in total. The lowest BCUT2D eigenvalue weighted by atomic mass is 10.0. The Labute approximate surface area is 183 Å². The maximum atomic E-state index is 9.70.